The van der Waals surface area contributed by atoms with Crippen LogP contribution in [0.2, 0.25) is 0 Å². The predicted molar refractivity (Wildman–Crippen MR) is 42.6 cm³/mol. The van der Waals surface area contributed by atoms with Crippen LogP contribution in [0.15, 0.2) is 0 Å². The maximum Gasteiger partial charge on any atom is 0.0687 e. The molecular formula is C8H15NO. The lowest BCUT2D eigenvalue weighted by atomic mass is 10.2. The summed E-state index contributed by atoms with van der Waals surface area (Å²) in [6.07, 6.45) is 7.26. The Morgan fingerprint density at radius 3 is 2.80 bits per heavy atom. The number of rotatable bonds is 5. The highest BCUT2D eigenvalue weighted by atomic mass is 16.3. The van der Waals surface area contributed by atoms with Crippen LogP contribution in [0, 0.1) is 12.3 Å². The molecule has 2 nitrogen and oxygen atoms in total. The fourth-order valence-electron chi connectivity index (χ4n) is 0.772. The number of hydrogen-bond donors (Lipinski definition) is 2. The van der Waals surface area contributed by atoms with Crippen molar-refractivity contribution in [3.8, 4) is 12.3 Å². The minimum absolute atomic E-state index is 0.136. The topological polar surface area (TPSA) is 32.3 Å². The molecule has 1 atom stereocenters. The lowest BCUT2D eigenvalue weighted by molar-refractivity contribution is 0.288. The SMILES string of the molecule is C#CC(CCC)NCCO. The summed E-state index contributed by atoms with van der Waals surface area (Å²) in [7, 11) is 0. The van der Waals surface area contributed by atoms with E-state index in [1.54, 1.807) is 0 Å². The van der Waals surface area contributed by atoms with Crippen LogP contribution in [0.1, 0.15) is 19.8 Å². The first-order valence-electron chi connectivity index (χ1n) is 3.65. The molecule has 0 rings (SSSR count). The van der Waals surface area contributed by atoms with Crippen molar-refractivity contribution in [1.82, 2.24) is 5.32 Å². The van der Waals surface area contributed by atoms with Crippen molar-refractivity contribution in [2.45, 2.75) is 25.8 Å². The zero-order valence-electron chi connectivity index (χ0n) is 6.43. The molecule has 10 heavy (non-hydrogen) atoms. The molecule has 0 aromatic heterocycles. The summed E-state index contributed by atoms with van der Waals surface area (Å²) >= 11 is 0. The van der Waals surface area contributed by atoms with Crippen molar-refractivity contribution in [1.29, 1.82) is 0 Å². The second-order valence-corrected chi connectivity index (χ2v) is 2.19. The van der Waals surface area contributed by atoms with E-state index in [1.807, 2.05) is 0 Å². The molecule has 0 fully saturated rings. The standard InChI is InChI=1S/C8H15NO/c1-3-5-8(4-2)9-6-7-10/h2,8-10H,3,5-7H2,1H3. The number of aliphatic hydroxyl groups excluding tert-OH is 1. The molecular weight excluding hydrogens is 126 g/mol. The van der Waals surface area contributed by atoms with Crippen molar-refractivity contribution in [2.75, 3.05) is 13.2 Å². The average Bonchev–Trinajstić information content (AvgIpc) is 1.98. The fourth-order valence-corrected chi connectivity index (χ4v) is 0.772. The van der Waals surface area contributed by atoms with Gasteiger partial charge in [0.25, 0.3) is 0 Å². The average molecular weight is 141 g/mol. The Morgan fingerprint density at radius 2 is 2.40 bits per heavy atom. The molecule has 0 saturated heterocycles. The molecule has 0 radical (unpaired) electrons. The summed E-state index contributed by atoms with van der Waals surface area (Å²) in [4.78, 5) is 0. The van der Waals surface area contributed by atoms with Gasteiger partial charge in [0.2, 0.25) is 0 Å². The first kappa shape index (κ1) is 9.48. The summed E-state index contributed by atoms with van der Waals surface area (Å²) in [6.45, 7) is 2.84. The van der Waals surface area contributed by atoms with Gasteiger partial charge in [0.05, 0.1) is 12.6 Å². The molecule has 2 N–H and O–H groups in total. The molecule has 0 heterocycles. The van der Waals surface area contributed by atoms with E-state index in [9.17, 15) is 0 Å². The van der Waals surface area contributed by atoms with Crippen LogP contribution >= 0.6 is 0 Å². The van der Waals surface area contributed by atoms with E-state index < -0.39 is 0 Å². The third-order valence-corrected chi connectivity index (χ3v) is 1.28. The van der Waals surface area contributed by atoms with Crippen LogP contribution in [-0.2, 0) is 0 Å². The van der Waals surface area contributed by atoms with Crippen molar-refractivity contribution in [3.05, 3.63) is 0 Å². The molecule has 0 amide bonds. The monoisotopic (exact) mass is 141 g/mol. The lowest BCUT2D eigenvalue weighted by Crippen LogP contribution is -2.29. The minimum atomic E-state index is 0.136. The van der Waals surface area contributed by atoms with Gasteiger partial charge in [-0.25, -0.2) is 0 Å². The van der Waals surface area contributed by atoms with E-state index in [0.29, 0.717) is 6.54 Å². The smallest absolute Gasteiger partial charge is 0.0687 e. The molecule has 0 saturated carbocycles. The van der Waals surface area contributed by atoms with E-state index in [0.717, 1.165) is 12.8 Å². The summed E-state index contributed by atoms with van der Waals surface area (Å²) in [5.74, 6) is 2.62. The van der Waals surface area contributed by atoms with E-state index in [-0.39, 0.29) is 12.6 Å². The van der Waals surface area contributed by atoms with E-state index >= 15 is 0 Å². The molecule has 58 valence electrons. The Balaban J connectivity index is 3.33. The first-order chi connectivity index (χ1) is 4.85. The van der Waals surface area contributed by atoms with Crippen LogP contribution in [0.25, 0.3) is 0 Å². The quantitative estimate of drug-likeness (QED) is 0.542. The van der Waals surface area contributed by atoms with Crippen molar-refractivity contribution in [3.63, 3.8) is 0 Å². The maximum absolute atomic E-state index is 8.45. The Kier molecular flexibility index (Phi) is 6.25. The fraction of sp³-hybridized carbons (Fsp3) is 0.750. The van der Waals surface area contributed by atoms with E-state index in [2.05, 4.69) is 18.2 Å². The third kappa shape index (κ3) is 4.37. The summed E-state index contributed by atoms with van der Waals surface area (Å²) in [6, 6.07) is 0.136. The Hall–Kier alpha value is -0.520. The Morgan fingerprint density at radius 1 is 1.70 bits per heavy atom. The Labute approximate surface area is 62.6 Å². The zero-order valence-corrected chi connectivity index (χ0v) is 6.43. The van der Waals surface area contributed by atoms with Crippen LogP contribution in [0.4, 0.5) is 0 Å². The highest BCUT2D eigenvalue weighted by Crippen LogP contribution is 1.93. The largest absolute Gasteiger partial charge is 0.395 e. The van der Waals surface area contributed by atoms with Gasteiger partial charge in [0.1, 0.15) is 0 Å². The predicted octanol–water partition coefficient (Wildman–Crippen LogP) is 0.370. The summed E-state index contributed by atoms with van der Waals surface area (Å²) in [5, 5.41) is 11.5. The van der Waals surface area contributed by atoms with Gasteiger partial charge >= 0.3 is 0 Å². The second-order valence-electron chi connectivity index (χ2n) is 2.19. The highest BCUT2D eigenvalue weighted by molar-refractivity contribution is 4.98. The molecule has 1 unspecified atom stereocenters. The number of nitrogens with one attached hydrogen (secondary N) is 1. The molecule has 0 aliphatic heterocycles. The molecule has 2 heteroatoms. The van der Waals surface area contributed by atoms with E-state index in [4.69, 9.17) is 11.5 Å². The van der Waals surface area contributed by atoms with E-state index in [1.165, 1.54) is 0 Å². The molecule has 0 aromatic rings. The van der Waals surface area contributed by atoms with Crippen molar-refractivity contribution >= 4 is 0 Å². The van der Waals surface area contributed by atoms with Gasteiger partial charge < -0.3 is 10.4 Å². The zero-order chi connectivity index (χ0) is 7.82. The first-order valence-corrected chi connectivity index (χ1v) is 3.65. The molecule has 0 aromatic carbocycles. The molecule has 0 aliphatic rings. The normalized spacial score (nSPS) is 12.5. The van der Waals surface area contributed by atoms with Gasteiger partial charge in [-0.15, -0.1) is 6.42 Å². The van der Waals surface area contributed by atoms with Crippen LogP contribution in [0.5, 0.6) is 0 Å². The van der Waals surface area contributed by atoms with Gasteiger partial charge in [-0.05, 0) is 6.42 Å². The van der Waals surface area contributed by atoms with Gasteiger partial charge in [0.15, 0.2) is 0 Å². The lowest BCUT2D eigenvalue weighted by Gasteiger charge is -2.09. The van der Waals surface area contributed by atoms with Crippen LogP contribution < -0.4 is 5.32 Å². The number of aliphatic hydroxyl groups is 1. The molecule has 0 aliphatic carbocycles. The van der Waals surface area contributed by atoms with Gasteiger partial charge in [-0.1, -0.05) is 19.3 Å². The number of hydrogen-bond acceptors (Lipinski definition) is 2. The molecule has 0 bridgehead atoms. The third-order valence-electron chi connectivity index (χ3n) is 1.28. The summed E-state index contributed by atoms with van der Waals surface area (Å²) < 4.78 is 0. The number of terminal acetylenes is 1. The highest BCUT2D eigenvalue weighted by Gasteiger charge is 1.99. The van der Waals surface area contributed by atoms with Crippen molar-refractivity contribution < 1.29 is 5.11 Å². The second kappa shape index (κ2) is 6.60. The summed E-state index contributed by atoms with van der Waals surface area (Å²) in [5.41, 5.74) is 0. The van der Waals surface area contributed by atoms with Gasteiger partial charge in [-0.3, -0.25) is 0 Å². The van der Waals surface area contributed by atoms with Crippen molar-refractivity contribution in [2.24, 2.45) is 0 Å². The minimum Gasteiger partial charge on any atom is -0.395 e. The maximum atomic E-state index is 8.45. The van der Waals surface area contributed by atoms with Crippen LogP contribution in [0.3, 0.4) is 0 Å². The van der Waals surface area contributed by atoms with Gasteiger partial charge in [0, 0.05) is 6.54 Å². The van der Waals surface area contributed by atoms with Gasteiger partial charge in [-0.2, -0.15) is 0 Å². The molecule has 0 spiro atoms. The Bertz CT molecular complexity index is 106. The van der Waals surface area contributed by atoms with Crippen LogP contribution in [-0.4, -0.2) is 24.3 Å².